The molecular weight excluding hydrogens is 219 g/mol. The molecular formula is C3H6N2NiO4S. The van der Waals surface area contributed by atoms with Crippen LogP contribution in [-0.4, -0.2) is 27.5 Å². The molecule has 0 radical (unpaired) electrons. The van der Waals surface area contributed by atoms with Crippen LogP contribution in [0.1, 0.15) is 0 Å². The second kappa shape index (κ2) is 6.29. The van der Waals surface area contributed by atoms with E-state index in [2.05, 4.69) is 9.97 Å². The maximum Gasteiger partial charge on any atom is 0.394 e. The first-order valence-electron chi connectivity index (χ1n) is 2.13. The van der Waals surface area contributed by atoms with Crippen molar-refractivity contribution in [3.05, 3.63) is 18.7 Å². The molecule has 0 aliphatic carbocycles. The molecule has 0 spiro atoms. The van der Waals surface area contributed by atoms with E-state index in [1.54, 1.807) is 18.7 Å². The third-order valence-corrected chi connectivity index (χ3v) is 0.406. The van der Waals surface area contributed by atoms with Crippen molar-refractivity contribution >= 4 is 10.4 Å². The Bertz CT molecular complexity index is 219. The van der Waals surface area contributed by atoms with Crippen LogP contribution < -0.4 is 0 Å². The van der Waals surface area contributed by atoms with Crippen molar-refractivity contribution in [3.8, 4) is 0 Å². The van der Waals surface area contributed by atoms with E-state index in [9.17, 15) is 0 Å². The van der Waals surface area contributed by atoms with Gasteiger partial charge in [-0.05, 0) is 0 Å². The SMILES string of the molecule is O=S(=O)(O)O.[Ni].c1c[nH]cn1. The Labute approximate surface area is 73.5 Å². The maximum atomic E-state index is 8.74. The molecule has 8 heteroatoms. The Hall–Kier alpha value is -0.426. The van der Waals surface area contributed by atoms with E-state index in [4.69, 9.17) is 17.5 Å². The molecule has 1 aromatic heterocycles. The number of imidazole rings is 1. The van der Waals surface area contributed by atoms with Crippen LogP contribution in [0.5, 0.6) is 0 Å². The minimum atomic E-state index is -4.67. The van der Waals surface area contributed by atoms with Crippen LogP contribution in [0.4, 0.5) is 0 Å². The molecule has 0 saturated heterocycles. The molecule has 1 rings (SSSR count). The topological polar surface area (TPSA) is 103 Å². The largest absolute Gasteiger partial charge is 0.394 e. The van der Waals surface area contributed by atoms with E-state index in [1.807, 2.05) is 0 Å². The predicted molar refractivity (Wildman–Crippen MR) is 32.8 cm³/mol. The molecule has 1 heterocycles. The quantitative estimate of drug-likeness (QED) is 0.417. The van der Waals surface area contributed by atoms with E-state index < -0.39 is 10.4 Å². The Kier molecular flexibility index (Phi) is 7.54. The standard InChI is InChI=1S/C3H4N2.Ni.H2O4S/c1-2-5-3-4-1;;1-5(2,3)4/h1-3H,(H,4,5);;(H2,1,2,3,4). The van der Waals surface area contributed by atoms with Gasteiger partial charge in [0.05, 0.1) is 6.33 Å². The van der Waals surface area contributed by atoms with Crippen molar-refractivity contribution in [1.29, 1.82) is 0 Å². The van der Waals surface area contributed by atoms with Gasteiger partial charge in [0.25, 0.3) is 0 Å². The minimum Gasteiger partial charge on any atom is -0.351 e. The average molecular weight is 225 g/mol. The molecule has 0 saturated carbocycles. The number of H-pyrrole nitrogens is 1. The Morgan fingerprint density at radius 3 is 1.91 bits per heavy atom. The summed E-state index contributed by atoms with van der Waals surface area (Å²) in [5, 5.41) is 0. The van der Waals surface area contributed by atoms with Crippen LogP contribution in [0, 0.1) is 0 Å². The van der Waals surface area contributed by atoms with Gasteiger partial charge >= 0.3 is 10.4 Å². The van der Waals surface area contributed by atoms with Gasteiger partial charge in [-0.15, -0.1) is 0 Å². The van der Waals surface area contributed by atoms with Crippen molar-refractivity contribution in [2.75, 3.05) is 0 Å². The van der Waals surface area contributed by atoms with E-state index in [1.165, 1.54) is 0 Å². The van der Waals surface area contributed by atoms with E-state index in [-0.39, 0.29) is 16.5 Å². The van der Waals surface area contributed by atoms with Gasteiger partial charge in [-0.1, -0.05) is 0 Å². The fourth-order valence-electron chi connectivity index (χ4n) is 0.215. The summed E-state index contributed by atoms with van der Waals surface area (Å²) in [6.45, 7) is 0. The second-order valence-corrected chi connectivity index (χ2v) is 2.10. The summed E-state index contributed by atoms with van der Waals surface area (Å²) in [6, 6.07) is 0. The number of aromatic nitrogens is 2. The molecule has 0 aliphatic rings. The van der Waals surface area contributed by atoms with Crippen LogP contribution in [0.15, 0.2) is 18.7 Å². The van der Waals surface area contributed by atoms with E-state index >= 15 is 0 Å². The number of hydrogen-bond donors (Lipinski definition) is 3. The zero-order chi connectivity index (χ0) is 8.04. The smallest absolute Gasteiger partial charge is 0.351 e. The number of nitrogens with one attached hydrogen (secondary N) is 1. The summed E-state index contributed by atoms with van der Waals surface area (Å²) in [4.78, 5) is 6.42. The summed E-state index contributed by atoms with van der Waals surface area (Å²) >= 11 is 0. The van der Waals surface area contributed by atoms with E-state index in [0.717, 1.165) is 0 Å². The van der Waals surface area contributed by atoms with Crippen molar-refractivity contribution in [1.82, 2.24) is 9.97 Å². The fraction of sp³-hybridized carbons (Fsp3) is 0. The molecule has 11 heavy (non-hydrogen) atoms. The van der Waals surface area contributed by atoms with Crippen LogP contribution in [0.25, 0.3) is 0 Å². The fourth-order valence-corrected chi connectivity index (χ4v) is 0.215. The minimum absolute atomic E-state index is 0. The van der Waals surface area contributed by atoms with Crippen molar-refractivity contribution in [2.24, 2.45) is 0 Å². The van der Waals surface area contributed by atoms with Gasteiger partial charge in [0.15, 0.2) is 0 Å². The zero-order valence-electron chi connectivity index (χ0n) is 5.11. The first-order chi connectivity index (χ1) is 4.50. The van der Waals surface area contributed by atoms with Gasteiger partial charge < -0.3 is 4.98 Å². The molecule has 1 aromatic rings. The molecule has 0 fully saturated rings. The molecule has 0 amide bonds. The van der Waals surface area contributed by atoms with Crippen LogP contribution in [0.2, 0.25) is 0 Å². The Morgan fingerprint density at radius 1 is 1.36 bits per heavy atom. The van der Waals surface area contributed by atoms with Crippen LogP contribution >= 0.6 is 0 Å². The third-order valence-electron chi connectivity index (χ3n) is 0.406. The van der Waals surface area contributed by atoms with Gasteiger partial charge in [-0.3, -0.25) is 9.11 Å². The average Bonchev–Trinajstić information content (AvgIpc) is 2.07. The summed E-state index contributed by atoms with van der Waals surface area (Å²) in [6.07, 6.45) is 5.08. The van der Waals surface area contributed by atoms with Crippen molar-refractivity contribution < 1.29 is 34.0 Å². The molecule has 0 aliphatic heterocycles. The van der Waals surface area contributed by atoms with Gasteiger partial charge in [0.1, 0.15) is 0 Å². The number of rotatable bonds is 0. The van der Waals surface area contributed by atoms with Gasteiger partial charge in [-0.2, -0.15) is 8.42 Å². The third kappa shape index (κ3) is 26.3. The summed E-state index contributed by atoms with van der Waals surface area (Å²) in [7, 11) is -4.67. The molecule has 0 unspecified atom stereocenters. The molecule has 3 N–H and O–H groups in total. The number of nitrogens with zero attached hydrogens (tertiary/aromatic N) is 1. The number of aromatic amines is 1. The summed E-state index contributed by atoms with van der Waals surface area (Å²) in [5.74, 6) is 0. The zero-order valence-corrected chi connectivity index (χ0v) is 6.92. The molecule has 68 valence electrons. The van der Waals surface area contributed by atoms with Crippen LogP contribution in [-0.2, 0) is 26.9 Å². The molecule has 6 nitrogen and oxygen atoms in total. The van der Waals surface area contributed by atoms with Gasteiger partial charge in [0, 0.05) is 28.9 Å². The first-order valence-corrected chi connectivity index (χ1v) is 3.52. The van der Waals surface area contributed by atoms with Gasteiger partial charge in [0.2, 0.25) is 0 Å². The van der Waals surface area contributed by atoms with E-state index in [0.29, 0.717) is 0 Å². The van der Waals surface area contributed by atoms with Crippen molar-refractivity contribution in [3.63, 3.8) is 0 Å². The van der Waals surface area contributed by atoms with Crippen molar-refractivity contribution in [2.45, 2.75) is 0 Å². The van der Waals surface area contributed by atoms with Crippen LogP contribution in [0.3, 0.4) is 0 Å². The summed E-state index contributed by atoms with van der Waals surface area (Å²) in [5.41, 5.74) is 0. The second-order valence-electron chi connectivity index (χ2n) is 1.21. The Balaban J connectivity index is 0. The normalized spacial score (nSPS) is 8.91. The molecule has 0 aromatic carbocycles. The molecule has 0 atom stereocenters. The molecule has 0 bridgehead atoms. The first kappa shape index (κ1) is 13.2. The summed E-state index contributed by atoms with van der Waals surface area (Å²) < 4.78 is 31.6. The van der Waals surface area contributed by atoms with Gasteiger partial charge in [-0.25, -0.2) is 4.98 Å². The predicted octanol–water partition coefficient (Wildman–Crippen LogP) is -0.246. The maximum absolute atomic E-state index is 8.74. The number of hydrogen-bond acceptors (Lipinski definition) is 3. The Morgan fingerprint density at radius 2 is 1.82 bits per heavy atom. The monoisotopic (exact) mass is 224 g/mol.